The number of hydrogen-bond acceptors (Lipinski definition) is 3. The van der Waals surface area contributed by atoms with E-state index < -0.39 is 0 Å². The Morgan fingerprint density at radius 3 is 2.65 bits per heavy atom. The molecule has 6 nitrogen and oxygen atoms in total. The number of para-hydroxylation sites is 1. The highest BCUT2D eigenvalue weighted by molar-refractivity contribution is 6.30. The number of nitrogens with zero attached hydrogens (tertiary/aromatic N) is 4. The first-order valence-electron chi connectivity index (χ1n) is 10.4. The normalized spacial score (nSPS) is 11.4. The number of imidazole rings is 1. The van der Waals surface area contributed by atoms with Gasteiger partial charge in [0.15, 0.2) is 0 Å². The van der Waals surface area contributed by atoms with Crippen LogP contribution in [-0.4, -0.2) is 29.7 Å². The van der Waals surface area contributed by atoms with Gasteiger partial charge in [0.2, 0.25) is 0 Å². The minimum Gasteiger partial charge on any atom is -0.361 e. The molecule has 0 saturated carbocycles. The molecule has 31 heavy (non-hydrogen) atoms. The summed E-state index contributed by atoms with van der Waals surface area (Å²) in [6.45, 7) is 0.847. The molecule has 156 valence electrons. The summed E-state index contributed by atoms with van der Waals surface area (Å²) in [7, 11) is 0. The van der Waals surface area contributed by atoms with Crippen LogP contribution in [0.5, 0.6) is 0 Å². The first kappa shape index (κ1) is 19.6. The maximum absolute atomic E-state index is 6.19. The van der Waals surface area contributed by atoms with E-state index in [9.17, 15) is 0 Å². The molecule has 0 aliphatic rings. The second-order valence-corrected chi connectivity index (χ2v) is 8.14. The summed E-state index contributed by atoms with van der Waals surface area (Å²) < 4.78 is 2.26. The van der Waals surface area contributed by atoms with Crippen LogP contribution in [0.25, 0.3) is 10.9 Å². The predicted octanol–water partition coefficient (Wildman–Crippen LogP) is 4.95. The van der Waals surface area contributed by atoms with Crippen molar-refractivity contribution >= 4 is 22.5 Å². The maximum Gasteiger partial charge on any atom is 0.137 e. The average molecular weight is 431 g/mol. The van der Waals surface area contributed by atoms with Crippen molar-refractivity contribution in [2.45, 2.75) is 32.2 Å². The lowest BCUT2D eigenvalue weighted by molar-refractivity contribution is 0.593. The van der Waals surface area contributed by atoms with Crippen molar-refractivity contribution in [2.24, 2.45) is 0 Å². The van der Waals surface area contributed by atoms with Crippen LogP contribution in [0.3, 0.4) is 0 Å². The quantitative estimate of drug-likeness (QED) is 0.365. The van der Waals surface area contributed by atoms with E-state index in [0.29, 0.717) is 6.42 Å². The van der Waals surface area contributed by atoms with E-state index in [-0.39, 0.29) is 0 Å². The topological polar surface area (TPSA) is 75.2 Å². The monoisotopic (exact) mass is 430 g/mol. The third-order valence-electron chi connectivity index (χ3n) is 5.56. The van der Waals surface area contributed by atoms with Gasteiger partial charge in [0.1, 0.15) is 11.6 Å². The molecule has 0 atom stereocenters. The van der Waals surface area contributed by atoms with Crippen LogP contribution in [0, 0.1) is 0 Å². The van der Waals surface area contributed by atoms with E-state index in [1.807, 2.05) is 30.5 Å². The van der Waals surface area contributed by atoms with E-state index in [0.717, 1.165) is 59.3 Å². The molecular formula is C24H23ClN6. The van der Waals surface area contributed by atoms with E-state index in [1.54, 1.807) is 6.33 Å². The summed E-state index contributed by atoms with van der Waals surface area (Å²) in [4.78, 5) is 10.7. The van der Waals surface area contributed by atoms with E-state index >= 15 is 0 Å². The van der Waals surface area contributed by atoms with Crippen molar-refractivity contribution in [3.8, 4) is 0 Å². The van der Waals surface area contributed by atoms with Crippen LogP contribution in [0.1, 0.15) is 34.9 Å². The number of halogens is 1. The largest absolute Gasteiger partial charge is 0.361 e. The number of benzene rings is 2. The number of aromatic nitrogens is 6. The Hall–Kier alpha value is -3.38. The van der Waals surface area contributed by atoms with Gasteiger partial charge in [-0.1, -0.05) is 41.9 Å². The molecule has 3 aromatic heterocycles. The first-order chi connectivity index (χ1) is 15.3. The highest BCUT2D eigenvalue weighted by Gasteiger charge is 2.15. The Kier molecular flexibility index (Phi) is 5.54. The fourth-order valence-electron chi connectivity index (χ4n) is 4.02. The minimum absolute atomic E-state index is 0.700. The Bertz CT molecular complexity index is 1280. The van der Waals surface area contributed by atoms with Gasteiger partial charge in [-0.25, -0.2) is 4.98 Å². The molecule has 5 rings (SSSR count). The molecule has 0 spiro atoms. The van der Waals surface area contributed by atoms with Gasteiger partial charge in [-0.05, 0) is 42.2 Å². The predicted molar refractivity (Wildman–Crippen MR) is 122 cm³/mol. The maximum atomic E-state index is 6.19. The zero-order chi connectivity index (χ0) is 21.0. The van der Waals surface area contributed by atoms with Crippen LogP contribution in [0.2, 0.25) is 5.02 Å². The molecule has 0 bridgehead atoms. The van der Waals surface area contributed by atoms with Crippen molar-refractivity contribution in [3.05, 3.63) is 101 Å². The molecule has 0 saturated heterocycles. The van der Waals surface area contributed by atoms with Gasteiger partial charge < -0.3 is 14.5 Å². The third-order valence-corrected chi connectivity index (χ3v) is 5.80. The molecule has 0 aliphatic heterocycles. The van der Waals surface area contributed by atoms with E-state index in [4.69, 9.17) is 11.6 Å². The van der Waals surface area contributed by atoms with E-state index in [1.165, 1.54) is 10.9 Å². The van der Waals surface area contributed by atoms with Crippen molar-refractivity contribution in [3.63, 3.8) is 0 Å². The summed E-state index contributed by atoms with van der Waals surface area (Å²) in [6.07, 6.45) is 9.02. The number of rotatable bonds is 8. The molecule has 7 heteroatoms. The Balaban J connectivity index is 1.42. The van der Waals surface area contributed by atoms with Gasteiger partial charge in [0.05, 0.1) is 6.33 Å². The van der Waals surface area contributed by atoms with Gasteiger partial charge >= 0.3 is 0 Å². The van der Waals surface area contributed by atoms with Gasteiger partial charge in [0, 0.05) is 53.4 Å². The molecule has 2 N–H and O–H groups in total. The third kappa shape index (κ3) is 4.39. The van der Waals surface area contributed by atoms with Crippen molar-refractivity contribution in [2.75, 3.05) is 0 Å². The number of H-pyrrole nitrogens is 2. The summed E-state index contributed by atoms with van der Waals surface area (Å²) >= 11 is 6.19. The van der Waals surface area contributed by atoms with Crippen LogP contribution >= 0.6 is 11.6 Å². The SMILES string of the molecule is Clc1cccc(Cc2nnc(Cc3c[nH]c4ccccc34)n2CCCc2cnc[nH]2)c1. The molecule has 0 fully saturated rings. The van der Waals surface area contributed by atoms with Gasteiger partial charge in [0.25, 0.3) is 0 Å². The van der Waals surface area contributed by atoms with Crippen LogP contribution in [0.15, 0.2) is 67.3 Å². The standard InChI is InChI=1S/C24H23ClN6/c25-19-6-3-5-17(11-19)12-23-29-30-24(31(23)10-4-7-20-15-26-16-28-20)13-18-14-27-22-9-2-1-8-21(18)22/h1-3,5-6,8-9,11,14-16,27H,4,7,10,12-13H2,(H,26,28). The van der Waals surface area contributed by atoms with Crippen molar-refractivity contribution in [1.82, 2.24) is 29.7 Å². The zero-order valence-corrected chi connectivity index (χ0v) is 17.8. The van der Waals surface area contributed by atoms with Crippen LogP contribution < -0.4 is 0 Å². The Morgan fingerprint density at radius 2 is 1.81 bits per heavy atom. The highest BCUT2D eigenvalue weighted by atomic mass is 35.5. The molecule has 5 aromatic rings. The Morgan fingerprint density at radius 1 is 0.935 bits per heavy atom. The molecule has 0 amide bonds. The molecule has 0 aliphatic carbocycles. The summed E-state index contributed by atoms with van der Waals surface area (Å²) in [5, 5.41) is 11.1. The van der Waals surface area contributed by atoms with Gasteiger partial charge in [-0.3, -0.25) is 0 Å². The summed E-state index contributed by atoms with van der Waals surface area (Å²) in [5.41, 5.74) is 4.64. The fourth-order valence-corrected chi connectivity index (χ4v) is 4.23. The number of nitrogens with one attached hydrogen (secondary N) is 2. The van der Waals surface area contributed by atoms with Crippen LogP contribution in [0.4, 0.5) is 0 Å². The van der Waals surface area contributed by atoms with Gasteiger partial charge in [-0.15, -0.1) is 10.2 Å². The van der Waals surface area contributed by atoms with Crippen molar-refractivity contribution < 1.29 is 0 Å². The molecular weight excluding hydrogens is 408 g/mol. The lowest BCUT2D eigenvalue weighted by atomic mass is 10.1. The van der Waals surface area contributed by atoms with Crippen LogP contribution in [-0.2, 0) is 25.8 Å². The van der Waals surface area contributed by atoms with Gasteiger partial charge in [-0.2, -0.15) is 0 Å². The molecule has 0 radical (unpaired) electrons. The number of aromatic amines is 2. The lowest BCUT2D eigenvalue weighted by Gasteiger charge is -2.11. The first-order valence-corrected chi connectivity index (χ1v) is 10.8. The molecule has 3 heterocycles. The summed E-state index contributed by atoms with van der Waals surface area (Å²) in [6, 6.07) is 16.3. The van der Waals surface area contributed by atoms with E-state index in [2.05, 4.69) is 60.2 Å². The average Bonchev–Trinajstić information content (AvgIpc) is 3.51. The highest BCUT2D eigenvalue weighted by Crippen LogP contribution is 2.22. The number of hydrogen-bond donors (Lipinski definition) is 2. The Labute approximate surface area is 185 Å². The number of aryl methyl sites for hydroxylation is 1. The molecule has 0 unspecified atom stereocenters. The summed E-state index contributed by atoms with van der Waals surface area (Å²) in [5.74, 6) is 1.94. The number of fused-ring (bicyclic) bond motifs is 1. The zero-order valence-electron chi connectivity index (χ0n) is 17.1. The second kappa shape index (κ2) is 8.78. The second-order valence-electron chi connectivity index (χ2n) is 7.71. The smallest absolute Gasteiger partial charge is 0.137 e. The molecule has 2 aromatic carbocycles. The minimum atomic E-state index is 0.700. The fraction of sp³-hybridized carbons (Fsp3) is 0.208. The van der Waals surface area contributed by atoms with Crippen molar-refractivity contribution in [1.29, 1.82) is 0 Å². The lowest BCUT2D eigenvalue weighted by Crippen LogP contribution is -2.10.